The first-order valence-corrected chi connectivity index (χ1v) is 5.42. The van der Waals surface area contributed by atoms with Crippen LogP contribution in [0.25, 0.3) is 11.3 Å². The van der Waals surface area contributed by atoms with Gasteiger partial charge in [-0.3, -0.25) is 4.98 Å². The maximum absolute atomic E-state index is 5.06. The molecule has 2 rings (SSSR count). The Bertz CT molecular complexity index is 543. The fourth-order valence-corrected chi connectivity index (χ4v) is 1.54. The topological polar surface area (TPSA) is 34.5 Å². The molecule has 0 aliphatic heterocycles. The van der Waals surface area contributed by atoms with Gasteiger partial charge in [0.2, 0.25) is 0 Å². The number of aromatic nitrogens is 1. The summed E-state index contributed by atoms with van der Waals surface area (Å²) in [5, 5.41) is 2.33. The van der Waals surface area contributed by atoms with Gasteiger partial charge in [0.15, 0.2) is 0 Å². The second-order valence-corrected chi connectivity index (χ2v) is 3.52. The summed E-state index contributed by atoms with van der Waals surface area (Å²) in [6.45, 7) is 0. The molecule has 0 saturated carbocycles. The average molecular weight is 242 g/mol. The summed E-state index contributed by atoms with van der Waals surface area (Å²) in [5.41, 5.74) is 2.71. The van der Waals surface area contributed by atoms with E-state index >= 15 is 0 Å². The van der Waals surface area contributed by atoms with Crippen LogP contribution >= 0.6 is 12.2 Å². The van der Waals surface area contributed by atoms with Gasteiger partial charge in [-0.05, 0) is 36.5 Å². The number of methoxy groups -OCH3 is 1. The quantitative estimate of drug-likeness (QED) is 0.610. The van der Waals surface area contributed by atoms with Crippen molar-refractivity contribution in [2.45, 2.75) is 0 Å². The summed E-state index contributed by atoms with van der Waals surface area (Å²) in [4.78, 5) is 8.20. The first-order valence-electron chi connectivity index (χ1n) is 5.02. The van der Waals surface area contributed by atoms with Crippen LogP contribution in [-0.4, -0.2) is 17.3 Å². The van der Waals surface area contributed by atoms with Crippen LogP contribution in [0.15, 0.2) is 47.6 Å². The number of rotatable bonds is 3. The predicted octanol–water partition coefficient (Wildman–Crippen LogP) is 3.49. The molecule has 0 aliphatic carbocycles. The normalized spacial score (nSPS) is 9.47. The molecule has 0 bridgehead atoms. The Labute approximate surface area is 105 Å². The summed E-state index contributed by atoms with van der Waals surface area (Å²) < 4.78 is 5.06. The number of benzene rings is 1. The number of hydrogen-bond acceptors (Lipinski definition) is 4. The third-order valence-corrected chi connectivity index (χ3v) is 2.40. The van der Waals surface area contributed by atoms with Crippen LogP contribution in [0.5, 0.6) is 5.75 Å². The van der Waals surface area contributed by atoms with Gasteiger partial charge < -0.3 is 4.74 Å². The van der Waals surface area contributed by atoms with Crippen molar-refractivity contribution < 1.29 is 4.74 Å². The summed E-state index contributed by atoms with van der Waals surface area (Å²) in [6, 6.07) is 11.4. The number of hydrogen-bond donors (Lipinski definition) is 0. The Morgan fingerprint density at radius 2 is 1.94 bits per heavy atom. The molecule has 0 radical (unpaired) electrons. The van der Waals surface area contributed by atoms with Crippen LogP contribution < -0.4 is 4.74 Å². The monoisotopic (exact) mass is 242 g/mol. The first-order chi connectivity index (χ1) is 8.33. The lowest BCUT2D eigenvalue weighted by Gasteiger charge is -2.02. The minimum absolute atomic E-state index is 0.746. The maximum atomic E-state index is 5.06. The van der Waals surface area contributed by atoms with E-state index in [2.05, 4.69) is 27.4 Å². The van der Waals surface area contributed by atoms with Crippen molar-refractivity contribution in [2.75, 3.05) is 7.11 Å². The molecule has 3 nitrogen and oxygen atoms in total. The number of thiocarbonyl (C=S) groups is 1. The fraction of sp³-hybridized carbons (Fsp3) is 0.0769. The fourth-order valence-electron chi connectivity index (χ4n) is 1.43. The highest BCUT2D eigenvalue weighted by atomic mass is 32.1. The average Bonchev–Trinajstić information content (AvgIpc) is 2.40. The Balaban J connectivity index is 2.29. The van der Waals surface area contributed by atoms with Gasteiger partial charge in [-0.25, -0.2) is 0 Å². The van der Waals surface area contributed by atoms with Crippen molar-refractivity contribution >= 4 is 23.1 Å². The lowest BCUT2D eigenvalue weighted by molar-refractivity contribution is 0.413. The standard InChI is InChI=1S/C13H10N2OS/c1-16-12-6-7-13(14-8-12)10-2-4-11(5-3-10)15-9-17/h2-8H,1H3. The van der Waals surface area contributed by atoms with E-state index in [-0.39, 0.29) is 0 Å². The molecule has 0 saturated heterocycles. The molecule has 1 aromatic heterocycles. The van der Waals surface area contributed by atoms with E-state index < -0.39 is 0 Å². The van der Waals surface area contributed by atoms with E-state index in [0.29, 0.717) is 0 Å². The Hall–Kier alpha value is -2.03. The second-order valence-electron chi connectivity index (χ2n) is 3.33. The first kappa shape index (κ1) is 11.5. The van der Waals surface area contributed by atoms with Crippen LogP contribution in [0.3, 0.4) is 0 Å². The summed E-state index contributed by atoms with van der Waals surface area (Å²) in [7, 11) is 1.62. The van der Waals surface area contributed by atoms with E-state index in [1.165, 1.54) is 0 Å². The van der Waals surface area contributed by atoms with Crippen molar-refractivity contribution in [1.29, 1.82) is 0 Å². The van der Waals surface area contributed by atoms with Gasteiger partial charge in [-0.1, -0.05) is 12.1 Å². The molecule has 0 unspecified atom stereocenters. The lowest BCUT2D eigenvalue weighted by atomic mass is 10.1. The van der Waals surface area contributed by atoms with E-state index in [1.54, 1.807) is 13.3 Å². The molecule has 0 amide bonds. The van der Waals surface area contributed by atoms with Gasteiger partial charge in [0.1, 0.15) is 5.75 Å². The van der Waals surface area contributed by atoms with Crippen molar-refractivity contribution in [3.8, 4) is 17.0 Å². The molecule has 0 fully saturated rings. The SMILES string of the molecule is COc1ccc(-c2ccc(N=C=S)cc2)nc1. The third kappa shape index (κ3) is 2.75. The highest BCUT2D eigenvalue weighted by molar-refractivity contribution is 7.78. The maximum Gasteiger partial charge on any atom is 0.137 e. The molecule has 1 aromatic carbocycles. The summed E-state index contributed by atoms with van der Waals surface area (Å²) in [6.07, 6.45) is 1.69. The molecule has 17 heavy (non-hydrogen) atoms. The van der Waals surface area contributed by atoms with E-state index in [9.17, 15) is 0 Å². The summed E-state index contributed by atoms with van der Waals surface area (Å²) >= 11 is 4.55. The molecular formula is C13H10N2OS. The van der Waals surface area contributed by atoms with Crippen LogP contribution in [0, 0.1) is 0 Å². The van der Waals surface area contributed by atoms with Crippen LogP contribution in [0.1, 0.15) is 0 Å². The molecule has 4 heteroatoms. The molecule has 0 atom stereocenters. The van der Waals surface area contributed by atoms with Gasteiger partial charge in [0.05, 0.1) is 29.8 Å². The molecule has 0 aliphatic rings. The predicted molar refractivity (Wildman–Crippen MR) is 70.9 cm³/mol. The zero-order chi connectivity index (χ0) is 12.1. The highest BCUT2D eigenvalue weighted by Crippen LogP contribution is 2.22. The van der Waals surface area contributed by atoms with Crippen LogP contribution in [0.4, 0.5) is 5.69 Å². The molecule has 84 valence electrons. The van der Waals surface area contributed by atoms with Crippen molar-refractivity contribution in [3.05, 3.63) is 42.6 Å². The van der Waals surface area contributed by atoms with Gasteiger partial charge in [-0.2, -0.15) is 4.99 Å². The Kier molecular flexibility index (Phi) is 3.60. The third-order valence-electron chi connectivity index (χ3n) is 2.31. The number of nitrogens with zero attached hydrogens (tertiary/aromatic N) is 2. The number of isothiocyanates is 1. The van der Waals surface area contributed by atoms with Crippen molar-refractivity contribution in [3.63, 3.8) is 0 Å². The van der Waals surface area contributed by atoms with Gasteiger partial charge >= 0.3 is 0 Å². The minimum atomic E-state index is 0.746. The number of pyridine rings is 1. The molecule has 0 spiro atoms. The smallest absolute Gasteiger partial charge is 0.137 e. The van der Waals surface area contributed by atoms with Gasteiger partial charge in [0.25, 0.3) is 0 Å². The highest BCUT2D eigenvalue weighted by Gasteiger charge is 1.99. The van der Waals surface area contributed by atoms with E-state index in [0.717, 1.165) is 22.7 Å². The molecule has 2 aromatic rings. The number of ether oxygens (including phenoxy) is 1. The zero-order valence-corrected chi connectivity index (χ0v) is 10.1. The van der Waals surface area contributed by atoms with Gasteiger partial charge in [0, 0.05) is 5.56 Å². The van der Waals surface area contributed by atoms with E-state index in [4.69, 9.17) is 4.74 Å². The van der Waals surface area contributed by atoms with Crippen LogP contribution in [0.2, 0.25) is 0 Å². The van der Waals surface area contributed by atoms with E-state index in [1.807, 2.05) is 36.4 Å². The van der Waals surface area contributed by atoms with Crippen molar-refractivity contribution in [1.82, 2.24) is 4.98 Å². The molecular weight excluding hydrogens is 232 g/mol. The van der Waals surface area contributed by atoms with Crippen LogP contribution in [-0.2, 0) is 0 Å². The number of aliphatic imine (C=N–C) groups is 1. The Morgan fingerprint density at radius 3 is 2.47 bits per heavy atom. The zero-order valence-electron chi connectivity index (χ0n) is 9.25. The second kappa shape index (κ2) is 5.34. The Morgan fingerprint density at radius 1 is 1.18 bits per heavy atom. The minimum Gasteiger partial charge on any atom is -0.495 e. The lowest BCUT2D eigenvalue weighted by Crippen LogP contribution is -1.86. The molecule has 1 heterocycles. The largest absolute Gasteiger partial charge is 0.495 e. The molecule has 0 N–H and O–H groups in total. The van der Waals surface area contributed by atoms with Gasteiger partial charge in [-0.15, -0.1) is 0 Å². The summed E-state index contributed by atoms with van der Waals surface area (Å²) in [5.74, 6) is 0.746. The van der Waals surface area contributed by atoms with Crippen molar-refractivity contribution in [2.24, 2.45) is 4.99 Å².